The molecule has 0 amide bonds. The monoisotopic (exact) mass is 340 g/mol. The number of nitrogens with zero attached hydrogens (tertiary/aromatic N) is 4. The minimum atomic E-state index is -3.95. The normalized spacial score (nSPS) is 11.0. The first kappa shape index (κ1) is 15.6. The summed E-state index contributed by atoms with van der Waals surface area (Å²) in [5, 5.41) is 18.3. The van der Waals surface area contributed by atoms with Crippen molar-refractivity contribution < 1.29 is 13.5 Å². The summed E-state index contributed by atoms with van der Waals surface area (Å²) < 4.78 is 28.4. The van der Waals surface area contributed by atoms with Gasteiger partial charge in [0.25, 0.3) is 10.0 Å². The molecule has 7 nitrogen and oxygen atoms in total. The molecule has 0 saturated carbocycles. The van der Waals surface area contributed by atoms with Gasteiger partial charge >= 0.3 is 0 Å². The first-order chi connectivity index (χ1) is 11.5. The van der Waals surface area contributed by atoms with Gasteiger partial charge < -0.3 is 5.11 Å². The molecule has 0 saturated heterocycles. The Morgan fingerprint density at radius 2 is 1.75 bits per heavy atom. The van der Waals surface area contributed by atoms with Crippen LogP contribution in [0.3, 0.4) is 0 Å². The van der Waals surface area contributed by atoms with Crippen molar-refractivity contribution in [3.8, 4) is 11.8 Å². The molecule has 3 rings (SSSR count). The molecule has 3 aromatic rings. The predicted octanol–water partition coefficient (Wildman–Crippen LogP) is 2.12. The van der Waals surface area contributed by atoms with E-state index in [4.69, 9.17) is 5.26 Å². The number of hydrogen-bond donors (Lipinski definition) is 1. The summed E-state index contributed by atoms with van der Waals surface area (Å²) in [6.07, 6.45) is 4.31. The quantitative estimate of drug-likeness (QED) is 0.784. The smallest absolute Gasteiger partial charge is 0.282 e. The number of anilines is 1. The fourth-order valence-corrected chi connectivity index (χ4v) is 3.56. The lowest BCUT2D eigenvalue weighted by molar-refractivity contribution is 0.474. The van der Waals surface area contributed by atoms with E-state index in [2.05, 4.69) is 4.98 Å². The molecule has 0 bridgehead atoms. The fourth-order valence-electron chi connectivity index (χ4n) is 2.14. The molecule has 0 unspecified atom stereocenters. The average Bonchev–Trinajstić information content (AvgIpc) is 3.10. The molecule has 0 radical (unpaired) electrons. The number of sulfonamides is 1. The molecule has 0 spiro atoms. The minimum absolute atomic E-state index is 0.0124. The van der Waals surface area contributed by atoms with Crippen molar-refractivity contribution >= 4 is 15.7 Å². The number of phenols is 1. The van der Waals surface area contributed by atoms with Crippen LogP contribution in [-0.2, 0) is 10.0 Å². The van der Waals surface area contributed by atoms with Crippen LogP contribution in [0.5, 0.6) is 5.75 Å². The van der Waals surface area contributed by atoms with E-state index in [0.717, 1.165) is 4.41 Å². The van der Waals surface area contributed by atoms with Crippen LogP contribution in [0.2, 0.25) is 0 Å². The highest BCUT2D eigenvalue weighted by molar-refractivity contribution is 7.92. The van der Waals surface area contributed by atoms with Gasteiger partial charge in [-0.2, -0.15) is 18.1 Å². The van der Waals surface area contributed by atoms with Crippen molar-refractivity contribution in [3.63, 3.8) is 0 Å². The summed E-state index contributed by atoms with van der Waals surface area (Å²) in [6, 6.07) is 13.4. The van der Waals surface area contributed by atoms with Crippen molar-refractivity contribution in [2.24, 2.45) is 0 Å². The zero-order chi connectivity index (χ0) is 17.2. The van der Waals surface area contributed by atoms with E-state index >= 15 is 0 Å². The second-order valence-electron chi connectivity index (χ2n) is 4.84. The molecule has 8 heteroatoms. The maximum Gasteiger partial charge on any atom is 0.282 e. The van der Waals surface area contributed by atoms with Gasteiger partial charge in [-0.25, -0.2) is 9.66 Å². The Hall–Kier alpha value is -3.31. The average molecular weight is 340 g/mol. The van der Waals surface area contributed by atoms with E-state index in [9.17, 15) is 13.5 Å². The number of nitriles is 1. The largest absolute Gasteiger partial charge is 0.508 e. The zero-order valence-corrected chi connectivity index (χ0v) is 13.1. The van der Waals surface area contributed by atoms with E-state index in [-0.39, 0.29) is 10.6 Å². The van der Waals surface area contributed by atoms with Gasteiger partial charge in [0.2, 0.25) is 0 Å². The van der Waals surface area contributed by atoms with Crippen LogP contribution >= 0.6 is 0 Å². The van der Waals surface area contributed by atoms with Crippen LogP contribution in [0.15, 0.2) is 72.1 Å². The third kappa shape index (κ3) is 2.80. The van der Waals surface area contributed by atoms with E-state index in [1.165, 1.54) is 71.9 Å². The van der Waals surface area contributed by atoms with Crippen LogP contribution in [0.4, 0.5) is 5.69 Å². The summed E-state index contributed by atoms with van der Waals surface area (Å²) in [4.78, 5) is 3.90. The number of hydrogen-bond acceptors (Lipinski definition) is 5. The molecule has 1 N–H and O–H groups in total. The number of rotatable bonds is 4. The van der Waals surface area contributed by atoms with E-state index in [0.29, 0.717) is 11.3 Å². The Kier molecular flexibility index (Phi) is 3.93. The van der Waals surface area contributed by atoms with E-state index in [1.54, 1.807) is 0 Å². The second-order valence-corrected chi connectivity index (χ2v) is 6.61. The van der Waals surface area contributed by atoms with Crippen molar-refractivity contribution in [3.05, 3.63) is 72.8 Å². The number of imidazole rings is 1. The van der Waals surface area contributed by atoms with Crippen molar-refractivity contribution in [2.45, 2.75) is 4.90 Å². The summed E-state index contributed by atoms with van der Waals surface area (Å²) in [5.74, 6) is -0.0264. The van der Waals surface area contributed by atoms with Gasteiger partial charge in [-0.15, -0.1) is 0 Å². The maximum atomic E-state index is 13.0. The predicted molar refractivity (Wildman–Crippen MR) is 86.6 cm³/mol. The topological polar surface area (TPSA) is 99.2 Å². The SMILES string of the molecule is N#Cc1ccc(N(n2ccnc2)S(=O)(=O)c2ccc(O)cc2)cc1. The minimum Gasteiger partial charge on any atom is -0.508 e. The summed E-state index contributed by atoms with van der Waals surface area (Å²) >= 11 is 0. The van der Waals surface area contributed by atoms with Crippen molar-refractivity contribution in [1.82, 2.24) is 9.66 Å². The molecule has 0 aliphatic heterocycles. The Morgan fingerprint density at radius 3 is 2.29 bits per heavy atom. The molecular formula is C16H12N4O3S. The molecule has 0 fully saturated rings. The van der Waals surface area contributed by atoms with Crippen molar-refractivity contribution in [1.29, 1.82) is 5.26 Å². The standard InChI is InChI=1S/C16H12N4O3S/c17-11-13-1-3-14(4-2-13)20(19-10-9-18-12-19)24(22,23)16-7-5-15(21)6-8-16/h1-10,12,21H. The lowest BCUT2D eigenvalue weighted by atomic mass is 10.2. The molecule has 0 aliphatic rings. The molecule has 24 heavy (non-hydrogen) atoms. The third-order valence-electron chi connectivity index (χ3n) is 3.28. The number of phenolic OH excluding ortho intramolecular Hbond substituents is 1. The van der Waals surface area contributed by atoms with Gasteiger partial charge in [0, 0.05) is 12.4 Å². The van der Waals surface area contributed by atoms with Crippen LogP contribution < -0.4 is 4.41 Å². The second kappa shape index (κ2) is 6.06. The molecular weight excluding hydrogens is 328 g/mol. The van der Waals surface area contributed by atoms with Gasteiger partial charge in [0.05, 0.1) is 22.2 Å². The van der Waals surface area contributed by atoms with Gasteiger partial charge in [0.1, 0.15) is 12.1 Å². The maximum absolute atomic E-state index is 13.0. The van der Waals surface area contributed by atoms with Crippen molar-refractivity contribution in [2.75, 3.05) is 4.41 Å². The van der Waals surface area contributed by atoms with Crippen LogP contribution in [0, 0.1) is 11.3 Å². The summed E-state index contributed by atoms with van der Waals surface area (Å²) in [5.41, 5.74) is 0.770. The molecule has 2 aromatic carbocycles. The van der Waals surface area contributed by atoms with Crippen LogP contribution in [0.1, 0.15) is 5.56 Å². The van der Waals surface area contributed by atoms with Crippen LogP contribution in [-0.4, -0.2) is 23.2 Å². The van der Waals surface area contributed by atoms with Gasteiger partial charge in [-0.1, -0.05) is 0 Å². The van der Waals surface area contributed by atoms with Gasteiger partial charge in [-0.3, -0.25) is 0 Å². The van der Waals surface area contributed by atoms with Crippen LogP contribution in [0.25, 0.3) is 0 Å². The Morgan fingerprint density at radius 1 is 1.08 bits per heavy atom. The summed E-state index contributed by atoms with van der Waals surface area (Å²) in [6.45, 7) is 0. The molecule has 1 aromatic heterocycles. The first-order valence-corrected chi connectivity index (χ1v) is 8.29. The lowest BCUT2D eigenvalue weighted by Gasteiger charge is -2.24. The number of aromatic hydroxyl groups is 1. The first-order valence-electron chi connectivity index (χ1n) is 6.85. The van der Waals surface area contributed by atoms with Gasteiger partial charge in [-0.05, 0) is 48.5 Å². The third-order valence-corrected chi connectivity index (χ3v) is 5.00. The Bertz CT molecular complexity index is 973. The number of aromatic nitrogens is 2. The fraction of sp³-hybridized carbons (Fsp3) is 0. The number of benzene rings is 2. The Balaban J connectivity index is 2.14. The molecule has 120 valence electrons. The van der Waals surface area contributed by atoms with Gasteiger partial charge in [0.15, 0.2) is 0 Å². The lowest BCUT2D eigenvalue weighted by Crippen LogP contribution is -2.35. The van der Waals surface area contributed by atoms with E-state index in [1.807, 2.05) is 6.07 Å². The highest BCUT2D eigenvalue weighted by Gasteiger charge is 2.26. The molecule has 0 aliphatic carbocycles. The highest BCUT2D eigenvalue weighted by Crippen LogP contribution is 2.25. The molecule has 0 atom stereocenters. The molecule has 1 heterocycles. The van der Waals surface area contributed by atoms with E-state index < -0.39 is 10.0 Å². The Labute approximate surface area is 138 Å². The highest BCUT2D eigenvalue weighted by atomic mass is 32.2. The summed E-state index contributed by atoms with van der Waals surface area (Å²) in [7, 11) is -3.95. The zero-order valence-electron chi connectivity index (χ0n) is 12.3.